The van der Waals surface area contributed by atoms with E-state index >= 15 is 0 Å². The lowest BCUT2D eigenvalue weighted by molar-refractivity contribution is 0.102. The van der Waals surface area contributed by atoms with Gasteiger partial charge in [-0.25, -0.2) is 0 Å². The highest BCUT2D eigenvalue weighted by molar-refractivity contribution is 6.05. The summed E-state index contributed by atoms with van der Waals surface area (Å²) in [4.78, 5) is 12.6. The molecule has 4 nitrogen and oxygen atoms in total. The second-order valence-corrected chi connectivity index (χ2v) is 6.70. The number of ether oxygens (including phenoxy) is 2. The fourth-order valence-electron chi connectivity index (χ4n) is 3.00. The lowest BCUT2D eigenvalue weighted by atomic mass is 10.1. The number of hydrogen-bond acceptors (Lipinski definition) is 3. The zero-order valence-electron chi connectivity index (χ0n) is 13.8. The van der Waals surface area contributed by atoms with Gasteiger partial charge in [0.05, 0.1) is 13.2 Å². The number of aryl methyl sites for hydroxylation is 1. The predicted octanol–water partition coefficient (Wildman–Crippen LogP) is 4.05. The van der Waals surface area contributed by atoms with Gasteiger partial charge in [0.15, 0.2) is 11.5 Å². The zero-order chi connectivity index (χ0) is 16.6. The van der Waals surface area contributed by atoms with E-state index in [1.807, 2.05) is 30.3 Å². The molecule has 0 atom stereocenters. The van der Waals surface area contributed by atoms with E-state index in [1.54, 1.807) is 12.1 Å². The van der Waals surface area contributed by atoms with Gasteiger partial charge in [-0.1, -0.05) is 25.1 Å². The van der Waals surface area contributed by atoms with Crippen molar-refractivity contribution < 1.29 is 14.3 Å². The molecule has 1 fully saturated rings. The van der Waals surface area contributed by atoms with Crippen LogP contribution in [-0.4, -0.2) is 19.1 Å². The average Bonchev–Trinajstić information content (AvgIpc) is 3.41. The third kappa shape index (κ3) is 2.84. The van der Waals surface area contributed by atoms with Crippen LogP contribution in [0, 0.1) is 5.41 Å². The first kappa shape index (κ1) is 15.1. The molecular weight excluding hydrogens is 302 g/mol. The van der Waals surface area contributed by atoms with Gasteiger partial charge < -0.3 is 14.8 Å². The Morgan fingerprint density at radius 1 is 1.08 bits per heavy atom. The minimum atomic E-state index is -0.132. The molecule has 2 aromatic rings. The number of rotatable bonds is 3. The molecule has 0 radical (unpaired) electrons. The summed E-state index contributed by atoms with van der Waals surface area (Å²) >= 11 is 0. The van der Waals surface area contributed by atoms with Gasteiger partial charge in [0.1, 0.15) is 0 Å². The Balaban J connectivity index is 1.54. The van der Waals surface area contributed by atoms with Crippen molar-refractivity contribution >= 4 is 11.6 Å². The lowest BCUT2D eigenvalue weighted by Gasteiger charge is -2.12. The van der Waals surface area contributed by atoms with Crippen LogP contribution in [0.5, 0.6) is 11.5 Å². The zero-order valence-corrected chi connectivity index (χ0v) is 13.8. The normalized spacial score (nSPS) is 17.2. The van der Waals surface area contributed by atoms with Crippen LogP contribution < -0.4 is 14.8 Å². The smallest absolute Gasteiger partial charge is 0.255 e. The Kier molecular flexibility index (Phi) is 3.68. The number of amides is 1. The van der Waals surface area contributed by atoms with E-state index in [2.05, 4.69) is 12.2 Å². The topological polar surface area (TPSA) is 47.6 Å². The lowest BCUT2D eigenvalue weighted by Crippen LogP contribution is -2.17. The quantitative estimate of drug-likeness (QED) is 0.927. The standard InChI is InChI=1S/C20H21NO3/c1-2-14-5-3-4-6-16(14)21-19(22)15-7-8-17-18(11-15)24-13-20(9-10-20)12-23-17/h3-8,11H,2,9-10,12-13H2,1H3,(H,21,22). The average molecular weight is 323 g/mol. The SMILES string of the molecule is CCc1ccccc1NC(=O)c1ccc2c(c1)OCC1(CC1)CO2. The van der Waals surface area contributed by atoms with Crippen LogP contribution >= 0.6 is 0 Å². The number of fused-ring (bicyclic) bond motifs is 1. The summed E-state index contributed by atoms with van der Waals surface area (Å²) in [5, 5.41) is 2.99. The Hall–Kier alpha value is -2.49. The van der Waals surface area contributed by atoms with Crippen LogP contribution in [0.4, 0.5) is 5.69 Å². The van der Waals surface area contributed by atoms with Crippen molar-refractivity contribution in [3.63, 3.8) is 0 Å². The highest BCUT2D eigenvalue weighted by Crippen LogP contribution is 2.49. The third-order valence-electron chi connectivity index (χ3n) is 4.88. The van der Waals surface area contributed by atoms with Gasteiger partial charge in [0.2, 0.25) is 0 Å². The van der Waals surface area contributed by atoms with Gasteiger partial charge in [0.25, 0.3) is 5.91 Å². The summed E-state index contributed by atoms with van der Waals surface area (Å²) in [7, 11) is 0. The fraction of sp³-hybridized carbons (Fsp3) is 0.350. The first-order chi connectivity index (χ1) is 11.7. The maximum atomic E-state index is 12.6. The Morgan fingerprint density at radius 2 is 1.83 bits per heavy atom. The van der Waals surface area contributed by atoms with Gasteiger partial charge in [-0.2, -0.15) is 0 Å². The molecule has 0 aromatic heterocycles. The molecule has 2 aromatic carbocycles. The molecule has 1 N–H and O–H groups in total. The summed E-state index contributed by atoms with van der Waals surface area (Å²) in [6, 6.07) is 13.3. The molecule has 0 saturated heterocycles. The van der Waals surface area contributed by atoms with Gasteiger partial charge in [-0.05, 0) is 49.1 Å². The van der Waals surface area contributed by atoms with Crippen LogP contribution in [0.3, 0.4) is 0 Å². The second-order valence-electron chi connectivity index (χ2n) is 6.70. The molecule has 124 valence electrons. The van der Waals surface area contributed by atoms with E-state index in [0.717, 1.165) is 36.3 Å². The van der Waals surface area contributed by atoms with E-state index in [1.165, 1.54) is 0 Å². The fourth-order valence-corrected chi connectivity index (χ4v) is 3.00. The maximum absolute atomic E-state index is 12.6. The molecule has 4 heteroatoms. The highest BCUT2D eigenvalue weighted by atomic mass is 16.5. The number of carbonyl (C=O) groups is 1. The maximum Gasteiger partial charge on any atom is 0.255 e. The van der Waals surface area contributed by atoms with Crippen LogP contribution in [-0.2, 0) is 6.42 Å². The molecule has 1 heterocycles. The number of carbonyl (C=O) groups excluding carboxylic acids is 1. The number of anilines is 1. The minimum absolute atomic E-state index is 0.132. The van der Waals surface area contributed by atoms with Gasteiger partial charge >= 0.3 is 0 Å². The van der Waals surface area contributed by atoms with E-state index in [9.17, 15) is 4.79 Å². The largest absolute Gasteiger partial charge is 0.489 e. The van der Waals surface area contributed by atoms with E-state index in [-0.39, 0.29) is 11.3 Å². The van der Waals surface area contributed by atoms with Crippen molar-refractivity contribution in [3.05, 3.63) is 53.6 Å². The van der Waals surface area contributed by atoms with Gasteiger partial charge in [-0.15, -0.1) is 0 Å². The molecule has 1 saturated carbocycles. The number of para-hydroxylation sites is 1. The Morgan fingerprint density at radius 3 is 2.58 bits per heavy atom. The van der Waals surface area contributed by atoms with Crippen molar-refractivity contribution in [2.75, 3.05) is 18.5 Å². The molecule has 1 aliphatic heterocycles. The number of benzene rings is 2. The Bertz CT molecular complexity index is 780. The van der Waals surface area contributed by atoms with E-state index in [0.29, 0.717) is 24.5 Å². The molecule has 1 spiro atoms. The van der Waals surface area contributed by atoms with Crippen molar-refractivity contribution in [3.8, 4) is 11.5 Å². The summed E-state index contributed by atoms with van der Waals surface area (Å²) in [5.41, 5.74) is 2.75. The summed E-state index contributed by atoms with van der Waals surface area (Å²) in [6.45, 7) is 3.45. The van der Waals surface area contributed by atoms with E-state index < -0.39 is 0 Å². The first-order valence-corrected chi connectivity index (χ1v) is 8.48. The molecule has 4 rings (SSSR count). The van der Waals surface area contributed by atoms with Crippen LogP contribution in [0.15, 0.2) is 42.5 Å². The van der Waals surface area contributed by atoms with Crippen molar-refractivity contribution in [2.24, 2.45) is 5.41 Å². The number of nitrogens with one attached hydrogen (secondary N) is 1. The van der Waals surface area contributed by atoms with Crippen LogP contribution in [0.2, 0.25) is 0 Å². The highest BCUT2D eigenvalue weighted by Gasteiger charge is 2.46. The summed E-state index contributed by atoms with van der Waals surface area (Å²) < 4.78 is 11.8. The molecule has 0 unspecified atom stereocenters. The third-order valence-corrected chi connectivity index (χ3v) is 4.88. The predicted molar refractivity (Wildman–Crippen MR) is 92.9 cm³/mol. The van der Waals surface area contributed by atoms with Crippen molar-refractivity contribution in [1.29, 1.82) is 0 Å². The molecule has 0 bridgehead atoms. The van der Waals surface area contributed by atoms with Crippen molar-refractivity contribution in [2.45, 2.75) is 26.2 Å². The Labute approximate surface area is 141 Å². The molecule has 1 aliphatic carbocycles. The van der Waals surface area contributed by atoms with Crippen molar-refractivity contribution in [1.82, 2.24) is 0 Å². The number of hydrogen-bond donors (Lipinski definition) is 1. The van der Waals surface area contributed by atoms with E-state index in [4.69, 9.17) is 9.47 Å². The van der Waals surface area contributed by atoms with Gasteiger partial charge in [0, 0.05) is 16.7 Å². The monoisotopic (exact) mass is 323 g/mol. The summed E-state index contributed by atoms with van der Waals surface area (Å²) in [5.74, 6) is 1.26. The second kappa shape index (κ2) is 5.86. The minimum Gasteiger partial charge on any atom is -0.489 e. The summed E-state index contributed by atoms with van der Waals surface area (Å²) in [6.07, 6.45) is 3.18. The molecule has 24 heavy (non-hydrogen) atoms. The molecule has 2 aliphatic rings. The van der Waals surface area contributed by atoms with Gasteiger partial charge in [-0.3, -0.25) is 4.79 Å². The molecular formula is C20H21NO3. The van der Waals surface area contributed by atoms with Crippen LogP contribution in [0.25, 0.3) is 0 Å². The first-order valence-electron chi connectivity index (χ1n) is 8.48. The van der Waals surface area contributed by atoms with Crippen LogP contribution in [0.1, 0.15) is 35.7 Å². The molecule has 1 amide bonds.